The summed E-state index contributed by atoms with van der Waals surface area (Å²) in [6.07, 6.45) is 10.7. The molecule has 1 rings (SSSR count). The van der Waals surface area contributed by atoms with E-state index in [1.54, 1.807) is 0 Å². The second-order valence-electron chi connectivity index (χ2n) is 5.04. The van der Waals surface area contributed by atoms with Gasteiger partial charge in [-0.05, 0) is 37.8 Å². The van der Waals surface area contributed by atoms with Gasteiger partial charge in [0.1, 0.15) is 0 Å². The van der Waals surface area contributed by atoms with Gasteiger partial charge < -0.3 is 5.32 Å². The van der Waals surface area contributed by atoms with E-state index in [0.717, 1.165) is 19.6 Å². The first-order valence-electron chi connectivity index (χ1n) is 6.63. The smallest absolute Gasteiger partial charge is 0.0599 e. The molecule has 0 aromatic heterocycles. The third kappa shape index (κ3) is 3.81. The van der Waals surface area contributed by atoms with E-state index in [9.17, 15) is 0 Å². The summed E-state index contributed by atoms with van der Waals surface area (Å²) in [6, 6.07) is 0. The van der Waals surface area contributed by atoms with Gasteiger partial charge in [0.25, 0.3) is 0 Å². The van der Waals surface area contributed by atoms with E-state index in [2.05, 4.69) is 30.0 Å². The fraction of sp³-hybridized carbons (Fsp3) is 0.857. The molecular weight excluding hydrogens is 196 g/mol. The number of terminal acetylenes is 1. The van der Waals surface area contributed by atoms with Gasteiger partial charge in [0.15, 0.2) is 0 Å². The van der Waals surface area contributed by atoms with E-state index in [1.807, 2.05) is 0 Å². The number of nitrogens with zero attached hydrogens (tertiary/aromatic N) is 1. The second-order valence-corrected chi connectivity index (χ2v) is 5.04. The van der Waals surface area contributed by atoms with Crippen LogP contribution in [0.2, 0.25) is 0 Å². The number of hydrogen-bond acceptors (Lipinski definition) is 2. The zero-order chi connectivity index (χ0) is 11.9. The van der Waals surface area contributed by atoms with Gasteiger partial charge in [-0.25, -0.2) is 0 Å². The molecule has 1 unspecified atom stereocenters. The molecule has 1 N–H and O–H groups in total. The Hall–Kier alpha value is -0.520. The number of rotatable bonds is 6. The normalized spacial score (nSPS) is 25.6. The van der Waals surface area contributed by atoms with Gasteiger partial charge in [0, 0.05) is 13.1 Å². The fourth-order valence-corrected chi connectivity index (χ4v) is 2.87. The average molecular weight is 222 g/mol. The van der Waals surface area contributed by atoms with Crippen molar-refractivity contribution < 1.29 is 0 Å². The molecule has 0 radical (unpaired) electrons. The number of nitrogens with one attached hydrogen (secondary N) is 1. The Morgan fingerprint density at radius 2 is 2.25 bits per heavy atom. The highest BCUT2D eigenvalue weighted by atomic mass is 15.1. The summed E-state index contributed by atoms with van der Waals surface area (Å²) >= 11 is 0. The summed E-state index contributed by atoms with van der Waals surface area (Å²) in [5.41, 5.74) is 0.472. The zero-order valence-corrected chi connectivity index (χ0v) is 10.9. The first-order valence-corrected chi connectivity index (χ1v) is 6.63. The van der Waals surface area contributed by atoms with E-state index >= 15 is 0 Å². The van der Waals surface area contributed by atoms with Gasteiger partial charge >= 0.3 is 0 Å². The summed E-state index contributed by atoms with van der Waals surface area (Å²) in [7, 11) is 0. The largest absolute Gasteiger partial charge is 0.316 e. The highest BCUT2D eigenvalue weighted by Crippen LogP contribution is 2.32. The van der Waals surface area contributed by atoms with Crippen molar-refractivity contribution in [2.24, 2.45) is 5.41 Å². The molecule has 0 bridgehead atoms. The lowest BCUT2D eigenvalue weighted by molar-refractivity contribution is 0.118. The molecule has 1 atom stereocenters. The first-order chi connectivity index (χ1) is 7.76. The van der Waals surface area contributed by atoms with Gasteiger partial charge in [-0.3, -0.25) is 4.90 Å². The van der Waals surface area contributed by atoms with Gasteiger partial charge in [-0.15, -0.1) is 6.42 Å². The molecule has 16 heavy (non-hydrogen) atoms. The molecular formula is C14H26N2. The van der Waals surface area contributed by atoms with Gasteiger partial charge in [0.2, 0.25) is 0 Å². The summed E-state index contributed by atoms with van der Waals surface area (Å²) in [5.74, 6) is 2.77. The molecule has 1 aliphatic rings. The van der Waals surface area contributed by atoms with Crippen LogP contribution in [-0.2, 0) is 0 Å². The lowest BCUT2D eigenvalue weighted by Crippen LogP contribution is -2.47. The van der Waals surface area contributed by atoms with Crippen LogP contribution >= 0.6 is 0 Å². The molecule has 1 fully saturated rings. The zero-order valence-electron chi connectivity index (χ0n) is 10.9. The van der Waals surface area contributed by atoms with Gasteiger partial charge in [0.05, 0.1) is 6.54 Å². The van der Waals surface area contributed by atoms with Crippen LogP contribution in [0.3, 0.4) is 0 Å². The predicted octanol–water partition coefficient (Wildman–Crippen LogP) is 2.11. The van der Waals surface area contributed by atoms with Gasteiger partial charge in [-0.1, -0.05) is 26.2 Å². The Kier molecular flexibility index (Phi) is 5.87. The maximum atomic E-state index is 5.42. The van der Waals surface area contributed by atoms with Crippen LogP contribution in [0.1, 0.15) is 39.5 Å². The molecule has 2 heteroatoms. The van der Waals surface area contributed by atoms with Crippen LogP contribution in [0.15, 0.2) is 0 Å². The van der Waals surface area contributed by atoms with Crippen molar-refractivity contribution in [1.82, 2.24) is 10.2 Å². The molecule has 1 heterocycles. The van der Waals surface area contributed by atoms with Crippen molar-refractivity contribution in [1.29, 1.82) is 0 Å². The third-order valence-electron chi connectivity index (χ3n) is 3.66. The molecule has 0 spiro atoms. The highest BCUT2D eigenvalue weighted by Gasteiger charge is 2.32. The predicted molar refractivity (Wildman–Crippen MR) is 70.4 cm³/mol. The van der Waals surface area contributed by atoms with Crippen LogP contribution in [0.4, 0.5) is 0 Å². The molecule has 0 amide bonds. The van der Waals surface area contributed by atoms with Gasteiger partial charge in [-0.2, -0.15) is 0 Å². The number of piperidine rings is 1. The summed E-state index contributed by atoms with van der Waals surface area (Å²) in [6.45, 7) is 9.86. The molecule has 1 aliphatic heterocycles. The minimum Gasteiger partial charge on any atom is -0.316 e. The second kappa shape index (κ2) is 6.93. The Labute approximate surface area is 101 Å². The third-order valence-corrected chi connectivity index (χ3v) is 3.66. The van der Waals surface area contributed by atoms with E-state index in [1.165, 1.54) is 38.8 Å². The summed E-state index contributed by atoms with van der Waals surface area (Å²) < 4.78 is 0. The molecule has 0 saturated carbocycles. The van der Waals surface area contributed by atoms with Crippen molar-refractivity contribution in [3.8, 4) is 12.3 Å². The van der Waals surface area contributed by atoms with Crippen LogP contribution in [0.5, 0.6) is 0 Å². The quantitative estimate of drug-likeness (QED) is 0.693. The summed E-state index contributed by atoms with van der Waals surface area (Å²) in [4.78, 5) is 2.41. The van der Waals surface area contributed by atoms with Crippen LogP contribution in [0, 0.1) is 17.8 Å². The van der Waals surface area contributed by atoms with Crippen molar-refractivity contribution in [2.45, 2.75) is 39.5 Å². The monoisotopic (exact) mass is 222 g/mol. The van der Waals surface area contributed by atoms with E-state index in [4.69, 9.17) is 6.42 Å². The topological polar surface area (TPSA) is 15.3 Å². The maximum Gasteiger partial charge on any atom is 0.0599 e. The maximum absolute atomic E-state index is 5.42. The van der Waals surface area contributed by atoms with Crippen LogP contribution in [-0.4, -0.2) is 37.6 Å². The minimum absolute atomic E-state index is 0.472. The van der Waals surface area contributed by atoms with Crippen LogP contribution in [0.25, 0.3) is 0 Å². The van der Waals surface area contributed by atoms with Crippen LogP contribution < -0.4 is 5.32 Å². The molecule has 2 nitrogen and oxygen atoms in total. The molecule has 0 aliphatic carbocycles. The first kappa shape index (κ1) is 13.5. The SMILES string of the molecule is C#CCN(CC)CC1(CCC)CCCNC1. The standard InChI is InChI=1S/C14H26N2/c1-4-8-14(9-7-10-15-12-14)13-16(6-3)11-5-2/h2,15H,4,6-13H2,1,3H3. The van der Waals surface area contributed by atoms with Crippen molar-refractivity contribution in [3.63, 3.8) is 0 Å². The Balaban J connectivity index is 2.58. The molecule has 92 valence electrons. The molecule has 0 aromatic rings. The lowest BCUT2D eigenvalue weighted by Gasteiger charge is -2.41. The lowest BCUT2D eigenvalue weighted by atomic mass is 9.76. The summed E-state index contributed by atoms with van der Waals surface area (Å²) in [5, 5.41) is 3.55. The number of hydrogen-bond donors (Lipinski definition) is 1. The Bertz CT molecular complexity index is 218. The van der Waals surface area contributed by atoms with Crippen molar-refractivity contribution >= 4 is 0 Å². The average Bonchev–Trinajstić information content (AvgIpc) is 2.30. The minimum atomic E-state index is 0.472. The van der Waals surface area contributed by atoms with E-state index in [0.29, 0.717) is 5.41 Å². The molecule has 0 aromatic carbocycles. The van der Waals surface area contributed by atoms with E-state index in [-0.39, 0.29) is 0 Å². The van der Waals surface area contributed by atoms with E-state index < -0.39 is 0 Å². The fourth-order valence-electron chi connectivity index (χ4n) is 2.87. The Morgan fingerprint density at radius 3 is 2.75 bits per heavy atom. The van der Waals surface area contributed by atoms with Crippen molar-refractivity contribution in [3.05, 3.63) is 0 Å². The van der Waals surface area contributed by atoms with Crippen molar-refractivity contribution in [2.75, 3.05) is 32.7 Å². The molecule has 1 saturated heterocycles. The Morgan fingerprint density at radius 1 is 1.44 bits per heavy atom. The highest BCUT2D eigenvalue weighted by molar-refractivity contribution is 4.93.